The van der Waals surface area contributed by atoms with Crippen LogP contribution in [0.5, 0.6) is 0 Å². The molecule has 0 aliphatic rings. The summed E-state index contributed by atoms with van der Waals surface area (Å²) in [6.45, 7) is 0. The number of nitrogens with zero attached hydrogens (tertiary/aromatic N) is 1. The summed E-state index contributed by atoms with van der Waals surface area (Å²) in [5, 5.41) is 11.0. The van der Waals surface area contributed by atoms with Crippen LogP contribution >= 0.6 is 0 Å². The van der Waals surface area contributed by atoms with E-state index in [1.807, 2.05) is 0 Å². The lowest BCUT2D eigenvalue weighted by Crippen LogP contribution is -2.14. The fourth-order valence-electron chi connectivity index (χ4n) is 1.65. The maximum absolute atomic E-state index is 12.1. The molecule has 2 rings (SSSR count). The van der Waals surface area contributed by atoms with E-state index < -0.39 is 20.6 Å². The van der Waals surface area contributed by atoms with Crippen LogP contribution < -0.4 is 10.5 Å². The Morgan fingerprint density at radius 3 is 2.30 bits per heavy atom. The second kappa shape index (κ2) is 5.17. The zero-order valence-corrected chi connectivity index (χ0v) is 11.0. The summed E-state index contributed by atoms with van der Waals surface area (Å²) in [6.07, 6.45) is 0. The first kappa shape index (κ1) is 13.8. The monoisotopic (exact) mass is 293 g/mol. The Bertz CT molecular complexity index is 745. The van der Waals surface area contributed by atoms with E-state index in [1.54, 1.807) is 18.2 Å². The molecule has 3 N–H and O–H groups in total. The van der Waals surface area contributed by atoms with E-state index in [-0.39, 0.29) is 16.3 Å². The zero-order chi connectivity index (χ0) is 14.8. The van der Waals surface area contributed by atoms with E-state index >= 15 is 0 Å². The van der Waals surface area contributed by atoms with Crippen LogP contribution in [-0.2, 0) is 10.0 Å². The molecule has 0 aliphatic carbocycles. The van der Waals surface area contributed by atoms with Crippen LogP contribution in [-0.4, -0.2) is 13.3 Å². The van der Waals surface area contributed by atoms with Gasteiger partial charge in [0.25, 0.3) is 10.0 Å². The smallest absolute Gasteiger partial charge is 0.315 e. The first-order valence-corrected chi connectivity index (χ1v) is 7.01. The van der Waals surface area contributed by atoms with Gasteiger partial charge < -0.3 is 5.73 Å². The molecule has 0 radical (unpaired) electrons. The van der Waals surface area contributed by atoms with Crippen molar-refractivity contribution in [3.63, 3.8) is 0 Å². The average molecular weight is 293 g/mol. The van der Waals surface area contributed by atoms with E-state index in [0.29, 0.717) is 0 Å². The van der Waals surface area contributed by atoms with Gasteiger partial charge in [0.15, 0.2) is 0 Å². The third-order valence-corrected chi connectivity index (χ3v) is 3.93. The Balaban J connectivity index is 2.46. The van der Waals surface area contributed by atoms with Crippen molar-refractivity contribution in [1.82, 2.24) is 0 Å². The van der Waals surface area contributed by atoms with Gasteiger partial charge in [-0.3, -0.25) is 14.8 Å². The standard InChI is InChI=1S/C12H11N3O4S/c13-10-7-4-8-11(12(10)15(16)17)14-20(18,19)9-5-2-1-3-6-9/h1-8,14H,13H2. The summed E-state index contributed by atoms with van der Waals surface area (Å²) in [4.78, 5) is 10.2. The topological polar surface area (TPSA) is 115 Å². The number of hydrogen-bond donors (Lipinski definition) is 2. The highest BCUT2D eigenvalue weighted by Gasteiger charge is 2.22. The first-order chi connectivity index (χ1) is 9.42. The van der Waals surface area contributed by atoms with Crippen LogP contribution in [0.2, 0.25) is 0 Å². The van der Waals surface area contributed by atoms with E-state index in [1.165, 1.54) is 30.3 Å². The highest BCUT2D eigenvalue weighted by Crippen LogP contribution is 2.31. The molecule has 104 valence electrons. The van der Waals surface area contributed by atoms with Gasteiger partial charge in [-0.15, -0.1) is 0 Å². The number of para-hydroxylation sites is 1. The lowest BCUT2D eigenvalue weighted by atomic mass is 10.2. The van der Waals surface area contributed by atoms with Gasteiger partial charge in [0.05, 0.1) is 9.82 Å². The fraction of sp³-hybridized carbons (Fsp3) is 0. The van der Waals surface area contributed by atoms with Crippen molar-refractivity contribution in [1.29, 1.82) is 0 Å². The van der Waals surface area contributed by atoms with Gasteiger partial charge in [-0.25, -0.2) is 8.42 Å². The summed E-state index contributed by atoms with van der Waals surface area (Å²) >= 11 is 0. The summed E-state index contributed by atoms with van der Waals surface area (Å²) < 4.78 is 26.4. The van der Waals surface area contributed by atoms with E-state index in [9.17, 15) is 18.5 Å². The molecular weight excluding hydrogens is 282 g/mol. The number of nitrogens with one attached hydrogen (secondary N) is 1. The van der Waals surface area contributed by atoms with Gasteiger partial charge in [0.2, 0.25) is 0 Å². The van der Waals surface area contributed by atoms with Crippen molar-refractivity contribution in [2.75, 3.05) is 10.5 Å². The summed E-state index contributed by atoms with van der Waals surface area (Å²) in [7, 11) is -3.90. The van der Waals surface area contributed by atoms with E-state index in [0.717, 1.165) is 0 Å². The van der Waals surface area contributed by atoms with Crippen molar-refractivity contribution in [3.8, 4) is 0 Å². The van der Waals surface area contributed by atoms with Crippen LogP contribution in [0.1, 0.15) is 0 Å². The Morgan fingerprint density at radius 1 is 1.05 bits per heavy atom. The lowest BCUT2D eigenvalue weighted by Gasteiger charge is -2.09. The molecule has 2 aromatic carbocycles. The zero-order valence-electron chi connectivity index (χ0n) is 10.2. The molecule has 0 atom stereocenters. The molecule has 8 heteroatoms. The Hall–Kier alpha value is -2.61. The molecule has 7 nitrogen and oxygen atoms in total. The number of sulfonamides is 1. The molecule has 0 saturated heterocycles. The second-order valence-electron chi connectivity index (χ2n) is 3.92. The number of hydrogen-bond acceptors (Lipinski definition) is 5. The van der Waals surface area contributed by atoms with Gasteiger partial charge in [-0.2, -0.15) is 0 Å². The van der Waals surface area contributed by atoms with Crippen molar-refractivity contribution in [3.05, 3.63) is 58.6 Å². The van der Waals surface area contributed by atoms with Gasteiger partial charge in [0, 0.05) is 0 Å². The minimum absolute atomic E-state index is 0.0109. The molecule has 0 bridgehead atoms. The molecule has 0 aliphatic heterocycles. The van der Waals surface area contributed by atoms with Crippen LogP contribution in [0.15, 0.2) is 53.4 Å². The first-order valence-electron chi connectivity index (χ1n) is 5.52. The van der Waals surface area contributed by atoms with Gasteiger partial charge >= 0.3 is 5.69 Å². The number of nitrogens with two attached hydrogens (primary N) is 1. The molecule has 0 spiro atoms. The van der Waals surface area contributed by atoms with E-state index in [4.69, 9.17) is 5.73 Å². The summed E-state index contributed by atoms with van der Waals surface area (Å²) in [5.41, 5.74) is 4.76. The molecular formula is C12H11N3O4S. The normalized spacial score (nSPS) is 11.0. The molecule has 0 fully saturated rings. The molecule has 0 saturated carbocycles. The minimum Gasteiger partial charge on any atom is -0.393 e. The Labute approximate surface area is 115 Å². The number of nitro benzene ring substituents is 1. The Morgan fingerprint density at radius 2 is 1.70 bits per heavy atom. The highest BCUT2D eigenvalue weighted by atomic mass is 32.2. The molecule has 0 unspecified atom stereocenters. The molecule has 0 aromatic heterocycles. The van der Waals surface area contributed by atoms with Crippen molar-refractivity contribution in [2.45, 2.75) is 4.90 Å². The summed E-state index contributed by atoms with van der Waals surface area (Å²) in [5.74, 6) is 0. The van der Waals surface area contributed by atoms with Crippen molar-refractivity contribution < 1.29 is 13.3 Å². The molecule has 0 amide bonds. The van der Waals surface area contributed by atoms with Gasteiger partial charge in [0.1, 0.15) is 11.4 Å². The average Bonchev–Trinajstić information content (AvgIpc) is 2.39. The molecule has 0 heterocycles. The predicted molar refractivity (Wildman–Crippen MR) is 74.8 cm³/mol. The maximum Gasteiger partial charge on any atom is 0.315 e. The minimum atomic E-state index is -3.90. The van der Waals surface area contributed by atoms with Crippen molar-refractivity contribution >= 4 is 27.1 Å². The van der Waals surface area contributed by atoms with Crippen LogP contribution in [0.4, 0.5) is 17.1 Å². The SMILES string of the molecule is Nc1cccc(NS(=O)(=O)c2ccccc2)c1[N+](=O)[O-]. The number of benzene rings is 2. The molecule has 2 aromatic rings. The van der Waals surface area contributed by atoms with Crippen LogP contribution in [0.25, 0.3) is 0 Å². The Kier molecular flexibility index (Phi) is 3.57. The van der Waals surface area contributed by atoms with Gasteiger partial charge in [-0.05, 0) is 24.3 Å². The fourth-order valence-corrected chi connectivity index (χ4v) is 2.74. The molecule has 20 heavy (non-hydrogen) atoms. The predicted octanol–water partition coefficient (Wildman–Crippen LogP) is 1.98. The highest BCUT2D eigenvalue weighted by molar-refractivity contribution is 7.92. The quantitative estimate of drug-likeness (QED) is 0.508. The second-order valence-corrected chi connectivity index (χ2v) is 5.60. The summed E-state index contributed by atoms with van der Waals surface area (Å²) in [6, 6.07) is 11.6. The lowest BCUT2D eigenvalue weighted by molar-refractivity contribution is -0.382. The third kappa shape index (κ3) is 2.69. The maximum atomic E-state index is 12.1. The van der Waals surface area contributed by atoms with Crippen LogP contribution in [0.3, 0.4) is 0 Å². The largest absolute Gasteiger partial charge is 0.393 e. The third-order valence-electron chi connectivity index (χ3n) is 2.55. The number of anilines is 2. The van der Waals surface area contributed by atoms with Gasteiger partial charge in [-0.1, -0.05) is 24.3 Å². The number of nitro groups is 1. The van der Waals surface area contributed by atoms with Crippen molar-refractivity contribution in [2.24, 2.45) is 0 Å². The number of rotatable bonds is 4. The van der Waals surface area contributed by atoms with Crippen LogP contribution in [0, 0.1) is 10.1 Å². The van der Waals surface area contributed by atoms with E-state index in [2.05, 4.69) is 4.72 Å². The number of nitrogen functional groups attached to an aromatic ring is 1.